The molecule has 1 rings (SSSR count). The molecule has 0 radical (unpaired) electrons. The van der Waals surface area contributed by atoms with Crippen LogP contribution in [0.15, 0.2) is 0 Å². The maximum atomic E-state index is 11.7. The summed E-state index contributed by atoms with van der Waals surface area (Å²) in [6.45, 7) is 7.78. The van der Waals surface area contributed by atoms with Gasteiger partial charge in [0, 0.05) is 12.0 Å². The number of rotatable bonds is 4. The zero-order valence-corrected chi connectivity index (χ0v) is 12.4. The van der Waals surface area contributed by atoms with Gasteiger partial charge in [-0.2, -0.15) is 0 Å². The van der Waals surface area contributed by atoms with Crippen LogP contribution in [0.5, 0.6) is 0 Å². The Bertz CT molecular complexity index is 273. The molecule has 106 valence electrons. The van der Waals surface area contributed by atoms with Crippen LogP contribution in [0, 0.1) is 5.92 Å². The van der Waals surface area contributed by atoms with Gasteiger partial charge in [0.2, 0.25) is 0 Å². The number of carbonyl (C=O) groups excluding carboxylic acids is 1. The van der Waals surface area contributed by atoms with Crippen molar-refractivity contribution in [2.24, 2.45) is 11.7 Å². The summed E-state index contributed by atoms with van der Waals surface area (Å²) in [5, 5.41) is 0. The first-order valence-corrected chi connectivity index (χ1v) is 7.21. The van der Waals surface area contributed by atoms with Gasteiger partial charge in [-0.25, -0.2) is 0 Å². The van der Waals surface area contributed by atoms with E-state index < -0.39 is 5.60 Å². The van der Waals surface area contributed by atoms with Gasteiger partial charge in [0.1, 0.15) is 5.60 Å². The van der Waals surface area contributed by atoms with Crippen molar-refractivity contribution in [3.8, 4) is 0 Å². The lowest BCUT2D eigenvalue weighted by molar-refractivity contribution is -0.155. The topological polar surface area (TPSA) is 52.3 Å². The molecule has 1 aliphatic carbocycles. The molecule has 3 nitrogen and oxygen atoms in total. The van der Waals surface area contributed by atoms with Gasteiger partial charge in [-0.3, -0.25) is 4.79 Å². The Hall–Kier alpha value is -0.570. The first-order valence-electron chi connectivity index (χ1n) is 7.21. The number of nitrogens with two attached hydrogens (primary N) is 1. The summed E-state index contributed by atoms with van der Waals surface area (Å²) in [5.41, 5.74) is 5.77. The SMILES string of the molecule is CC(C)(C)OC(=O)CCC(C)(N)C1CCCCC1. The highest BCUT2D eigenvalue weighted by Gasteiger charge is 2.32. The molecular weight excluding hydrogens is 226 g/mol. The number of hydrogen-bond donors (Lipinski definition) is 1. The summed E-state index contributed by atoms with van der Waals surface area (Å²) < 4.78 is 5.33. The van der Waals surface area contributed by atoms with E-state index in [1.54, 1.807) is 0 Å². The number of hydrogen-bond acceptors (Lipinski definition) is 3. The molecule has 3 heteroatoms. The van der Waals surface area contributed by atoms with Crippen LogP contribution in [0.25, 0.3) is 0 Å². The van der Waals surface area contributed by atoms with Crippen LogP contribution in [-0.4, -0.2) is 17.1 Å². The van der Waals surface area contributed by atoms with Crippen molar-refractivity contribution in [1.82, 2.24) is 0 Å². The van der Waals surface area contributed by atoms with Crippen molar-refractivity contribution in [3.63, 3.8) is 0 Å². The fraction of sp³-hybridized carbons (Fsp3) is 0.933. The molecule has 0 bridgehead atoms. The quantitative estimate of drug-likeness (QED) is 0.783. The molecule has 1 aliphatic rings. The minimum absolute atomic E-state index is 0.130. The van der Waals surface area contributed by atoms with E-state index in [4.69, 9.17) is 10.5 Å². The number of ether oxygens (including phenoxy) is 1. The molecule has 0 aliphatic heterocycles. The second kappa shape index (κ2) is 6.05. The lowest BCUT2D eigenvalue weighted by atomic mass is 9.74. The van der Waals surface area contributed by atoms with E-state index in [-0.39, 0.29) is 11.5 Å². The predicted molar refractivity (Wildman–Crippen MR) is 74.2 cm³/mol. The highest BCUT2D eigenvalue weighted by atomic mass is 16.6. The Labute approximate surface area is 111 Å². The minimum atomic E-state index is -0.396. The zero-order valence-electron chi connectivity index (χ0n) is 12.4. The Balaban J connectivity index is 2.38. The van der Waals surface area contributed by atoms with Gasteiger partial charge in [0.05, 0.1) is 0 Å². The molecule has 0 heterocycles. The van der Waals surface area contributed by atoms with E-state index >= 15 is 0 Å². The molecule has 1 unspecified atom stereocenters. The van der Waals surface area contributed by atoms with E-state index in [0.29, 0.717) is 12.3 Å². The summed E-state index contributed by atoms with van der Waals surface area (Å²) in [7, 11) is 0. The molecule has 0 aromatic rings. The van der Waals surface area contributed by atoms with Gasteiger partial charge >= 0.3 is 5.97 Å². The maximum Gasteiger partial charge on any atom is 0.306 e. The molecule has 0 saturated heterocycles. The predicted octanol–water partition coefficient (Wildman–Crippen LogP) is 3.41. The molecule has 1 atom stereocenters. The number of carbonyl (C=O) groups is 1. The van der Waals surface area contributed by atoms with Crippen molar-refractivity contribution in [1.29, 1.82) is 0 Å². The van der Waals surface area contributed by atoms with E-state index in [1.807, 2.05) is 20.8 Å². The third-order valence-electron chi connectivity index (χ3n) is 3.83. The summed E-state index contributed by atoms with van der Waals surface area (Å²) in [5.74, 6) is 0.434. The van der Waals surface area contributed by atoms with Gasteiger partial charge in [-0.05, 0) is 52.9 Å². The van der Waals surface area contributed by atoms with Gasteiger partial charge < -0.3 is 10.5 Å². The normalized spacial score (nSPS) is 21.4. The fourth-order valence-corrected chi connectivity index (χ4v) is 2.73. The van der Waals surface area contributed by atoms with E-state index in [0.717, 1.165) is 6.42 Å². The van der Waals surface area contributed by atoms with Crippen LogP contribution in [-0.2, 0) is 9.53 Å². The molecule has 1 saturated carbocycles. The maximum absolute atomic E-state index is 11.7. The van der Waals surface area contributed by atoms with Crippen LogP contribution < -0.4 is 5.73 Å². The smallest absolute Gasteiger partial charge is 0.306 e. The zero-order chi connectivity index (χ0) is 13.8. The minimum Gasteiger partial charge on any atom is -0.460 e. The molecule has 2 N–H and O–H groups in total. The van der Waals surface area contributed by atoms with Crippen molar-refractivity contribution in [2.45, 2.75) is 83.8 Å². The molecular formula is C15H29NO2. The first kappa shape index (κ1) is 15.5. The van der Waals surface area contributed by atoms with Crippen molar-refractivity contribution in [2.75, 3.05) is 0 Å². The Morgan fingerprint density at radius 1 is 1.17 bits per heavy atom. The monoisotopic (exact) mass is 255 g/mol. The van der Waals surface area contributed by atoms with E-state index in [1.165, 1.54) is 32.1 Å². The van der Waals surface area contributed by atoms with Crippen molar-refractivity contribution in [3.05, 3.63) is 0 Å². The average molecular weight is 255 g/mol. The number of esters is 1. The van der Waals surface area contributed by atoms with Crippen LogP contribution >= 0.6 is 0 Å². The highest BCUT2D eigenvalue weighted by Crippen LogP contribution is 2.33. The largest absolute Gasteiger partial charge is 0.460 e. The summed E-state index contributed by atoms with van der Waals surface area (Å²) in [6.07, 6.45) is 7.47. The summed E-state index contributed by atoms with van der Waals surface area (Å²) in [4.78, 5) is 11.7. The van der Waals surface area contributed by atoms with Crippen LogP contribution in [0.4, 0.5) is 0 Å². The molecule has 0 aromatic heterocycles. The summed E-state index contributed by atoms with van der Waals surface area (Å²) in [6, 6.07) is 0. The Morgan fingerprint density at radius 3 is 2.22 bits per heavy atom. The molecule has 0 aromatic carbocycles. The second-order valence-corrected chi connectivity index (χ2v) is 6.93. The molecule has 0 amide bonds. The van der Waals surface area contributed by atoms with Crippen LogP contribution in [0.3, 0.4) is 0 Å². The summed E-state index contributed by atoms with van der Waals surface area (Å²) >= 11 is 0. The van der Waals surface area contributed by atoms with Gasteiger partial charge in [0.25, 0.3) is 0 Å². The second-order valence-electron chi connectivity index (χ2n) is 6.93. The first-order chi connectivity index (χ1) is 8.21. The van der Waals surface area contributed by atoms with Crippen molar-refractivity contribution >= 4 is 5.97 Å². The molecule has 1 fully saturated rings. The third kappa shape index (κ3) is 5.38. The van der Waals surface area contributed by atoms with Gasteiger partial charge in [-0.15, -0.1) is 0 Å². The average Bonchev–Trinajstić information content (AvgIpc) is 2.26. The molecule has 0 spiro atoms. The lowest BCUT2D eigenvalue weighted by Crippen LogP contribution is -2.45. The standard InChI is InChI=1S/C15H29NO2/c1-14(2,3)18-13(17)10-11-15(4,16)12-8-6-5-7-9-12/h12H,5-11,16H2,1-4H3. The van der Waals surface area contributed by atoms with Gasteiger partial charge in [0.15, 0.2) is 0 Å². The van der Waals surface area contributed by atoms with Crippen LogP contribution in [0.2, 0.25) is 0 Å². The van der Waals surface area contributed by atoms with E-state index in [2.05, 4.69) is 6.92 Å². The Morgan fingerprint density at radius 2 is 1.72 bits per heavy atom. The lowest BCUT2D eigenvalue weighted by Gasteiger charge is -2.37. The fourth-order valence-electron chi connectivity index (χ4n) is 2.73. The molecule has 18 heavy (non-hydrogen) atoms. The Kier molecular flexibility index (Phi) is 5.20. The third-order valence-corrected chi connectivity index (χ3v) is 3.83. The van der Waals surface area contributed by atoms with E-state index in [9.17, 15) is 4.79 Å². The van der Waals surface area contributed by atoms with Crippen molar-refractivity contribution < 1.29 is 9.53 Å². The highest BCUT2D eigenvalue weighted by molar-refractivity contribution is 5.69. The van der Waals surface area contributed by atoms with Gasteiger partial charge in [-0.1, -0.05) is 19.3 Å². The van der Waals surface area contributed by atoms with Crippen LogP contribution in [0.1, 0.15) is 72.6 Å².